The number of carbonyl (C=O) groups excluding carboxylic acids is 2. The number of oxime groups is 1. The number of rotatable bonds is 6. The van der Waals surface area contributed by atoms with Gasteiger partial charge >= 0.3 is 5.97 Å². The Kier molecular flexibility index (Phi) is 6.23. The average Bonchev–Trinajstić information content (AvgIpc) is 3.17. The highest BCUT2D eigenvalue weighted by Crippen LogP contribution is 2.29. The Balaban J connectivity index is 1.76. The second kappa shape index (κ2) is 8.81. The molecule has 0 unspecified atom stereocenters. The van der Waals surface area contributed by atoms with E-state index in [0.717, 1.165) is 35.5 Å². The van der Waals surface area contributed by atoms with Crippen LogP contribution in [0.25, 0.3) is 0 Å². The molecule has 0 aromatic heterocycles. The van der Waals surface area contributed by atoms with Gasteiger partial charge in [0.15, 0.2) is 0 Å². The predicted octanol–water partition coefficient (Wildman–Crippen LogP) is 5.13. The predicted molar refractivity (Wildman–Crippen MR) is 102 cm³/mol. The highest BCUT2D eigenvalue weighted by atomic mass is 32.2. The van der Waals surface area contributed by atoms with Crippen molar-refractivity contribution in [2.45, 2.75) is 42.4 Å². The molecule has 1 aliphatic rings. The van der Waals surface area contributed by atoms with Gasteiger partial charge in [-0.15, -0.1) is 0 Å². The first-order valence-electron chi connectivity index (χ1n) is 8.76. The maximum atomic E-state index is 12.9. The van der Waals surface area contributed by atoms with Crippen molar-refractivity contribution in [2.24, 2.45) is 11.1 Å². The molecule has 0 bridgehead atoms. The van der Waals surface area contributed by atoms with Gasteiger partial charge in [0, 0.05) is 28.2 Å². The number of hydrogen-bond donors (Lipinski definition) is 0. The highest BCUT2D eigenvalue weighted by Gasteiger charge is 2.28. The van der Waals surface area contributed by atoms with Crippen molar-refractivity contribution in [1.82, 2.24) is 0 Å². The SMILES string of the molecule is CC(=O)O/N=C(\C(=O)c1ccc(Sc2ccccc2)cc1)C1CCCC1. The van der Waals surface area contributed by atoms with Crippen LogP contribution in [-0.2, 0) is 9.63 Å². The van der Waals surface area contributed by atoms with Crippen molar-refractivity contribution in [3.05, 3.63) is 60.2 Å². The molecule has 0 amide bonds. The Hall–Kier alpha value is -2.40. The van der Waals surface area contributed by atoms with Gasteiger partial charge in [-0.2, -0.15) is 0 Å². The minimum Gasteiger partial charge on any atom is -0.318 e. The first kappa shape index (κ1) is 18.4. The molecule has 1 fully saturated rings. The molecule has 2 aromatic rings. The third-order valence-corrected chi connectivity index (χ3v) is 5.36. The van der Waals surface area contributed by atoms with Gasteiger partial charge in [-0.25, -0.2) is 4.79 Å². The first-order chi connectivity index (χ1) is 12.6. The fourth-order valence-corrected chi connectivity index (χ4v) is 3.90. The third-order valence-electron chi connectivity index (χ3n) is 4.34. The van der Waals surface area contributed by atoms with Crippen LogP contribution in [0.2, 0.25) is 0 Å². The third kappa shape index (κ3) is 4.82. The van der Waals surface area contributed by atoms with Crippen molar-refractivity contribution in [2.75, 3.05) is 0 Å². The molecule has 0 atom stereocenters. The van der Waals surface area contributed by atoms with Gasteiger partial charge in [-0.1, -0.05) is 48.0 Å². The molecule has 0 heterocycles. The van der Waals surface area contributed by atoms with E-state index in [4.69, 9.17) is 4.84 Å². The second-order valence-corrected chi connectivity index (χ2v) is 7.46. The number of nitrogens with zero attached hydrogens (tertiary/aromatic N) is 1. The van der Waals surface area contributed by atoms with E-state index in [1.807, 2.05) is 54.6 Å². The zero-order chi connectivity index (χ0) is 18.4. The van der Waals surface area contributed by atoms with Crippen molar-refractivity contribution in [3.8, 4) is 0 Å². The molecule has 3 rings (SSSR count). The van der Waals surface area contributed by atoms with E-state index in [9.17, 15) is 9.59 Å². The summed E-state index contributed by atoms with van der Waals surface area (Å²) in [7, 11) is 0. The lowest BCUT2D eigenvalue weighted by Crippen LogP contribution is -2.23. The fraction of sp³-hybridized carbons (Fsp3) is 0.286. The van der Waals surface area contributed by atoms with E-state index >= 15 is 0 Å². The van der Waals surface area contributed by atoms with Crippen LogP contribution in [0.1, 0.15) is 43.0 Å². The Labute approximate surface area is 157 Å². The van der Waals surface area contributed by atoms with E-state index < -0.39 is 5.97 Å². The Morgan fingerprint density at radius 1 is 0.962 bits per heavy atom. The van der Waals surface area contributed by atoms with Crippen LogP contribution >= 0.6 is 11.8 Å². The summed E-state index contributed by atoms with van der Waals surface area (Å²) < 4.78 is 0. The van der Waals surface area contributed by atoms with Crippen molar-refractivity contribution < 1.29 is 14.4 Å². The van der Waals surface area contributed by atoms with Crippen LogP contribution in [0.15, 0.2) is 69.5 Å². The molecular formula is C21H21NO3S. The molecule has 5 heteroatoms. The summed E-state index contributed by atoms with van der Waals surface area (Å²) in [4.78, 5) is 31.0. The van der Waals surface area contributed by atoms with Crippen LogP contribution in [0.3, 0.4) is 0 Å². The zero-order valence-corrected chi connectivity index (χ0v) is 15.5. The van der Waals surface area contributed by atoms with Gasteiger partial charge in [0.1, 0.15) is 5.71 Å². The minimum absolute atomic E-state index is 0.0696. The monoisotopic (exact) mass is 367 g/mol. The molecule has 26 heavy (non-hydrogen) atoms. The topological polar surface area (TPSA) is 55.7 Å². The van der Waals surface area contributed by atoms with Crippen LogP contribution in [0.5, 0.6) is 0 Å². The summed E-state index contributed by atoms with van der Waals surface area (Å²) in [6.45, 7) is 1.29. The smallest absolute Gasteiger partial charge is 0.318 e. The van der Waals surface area contributed by atoms with Crippen LogP contribution in [0, 0.1) is 5.92 Å². The summed E-state index contributed by atoms with van der Waals surface area (Å²) in [6.07, 6.45) is 3.97. The van der Waals surface area contributed by atoms with E-state index in [-0.39, 0.29) is 11.7 Å². The summed E-state index contributed by atoms with van der Waals surface area (Å²) in [5.74, 6) is -0.600. The number of benzene rings is 2. The normalized spacial score (nSPS) is 15.0. The standard InChI is InChI=1S/C21H21NO3S/c1-15(23)25-22-20(16-7-5-6-8-16)21(24)17-11-13-19(14-12-17)26-18-9-3-2-4-10-18/h2-4,9-14,16H,5-8H2,1H3/b22-20-. The number of ketones is 1. The van der Waals surface area contributed by atoms with E-state index in [0.29, 0.717) is 11.3 Å². The Morgan fingerprint density at radius 3 is 2.19 bits per heavy atom. The summed E-state index contributed by atoms with van der Waals surface area (Å²) in [5, 5.41) is 3.88. The maximum absolute atomic E-state index is 12.9. The Bertz CT molecular complexity index is 794. The molecule has 1 aliphatic carbocycles. The highest BCUT2D eigenvalue weighted by molar-refractivity contribution is 7.99. The molecule has 0 spiro atoms. The van der Waals surface area contributed by atoms with Gasteiger partial charge < -0.3 is 4.84 Å². The number of hydrogen-bond acceptors (Lipinski definition) is 5. The molecule has 0 N–H and O–H groups in total. The molecule has 2 aromatic carbocycles. The number of Topliss-reactive ketones (excluding diaryl/α,β-unsaturated/α-hetero) is 1. The largest absolute Gasteiger partial charge is 0.331 e. The van der Waals surface area contributed by atoms with Gasteiger partial charge in [-0.05, 0) is 49.2 Å². The molecular weight excluding hydrogens is 346 g/mol. The maximum Gasteiger partial charge on any atom is 0.331 e. The quantitative estimate of drug-likeness (QED) is 0.307. The lowest BCUT2D eigenvalue weighted by molar-refractivity contribution is -0.140. The van der Waals surface area contributed by atoms with Gasteiger partial charge in [0.05, 0.1) is 0 Å². The minimum atomic E-state index is -0.511. The van der Waals surface area contributed by atoms with Gasteiger partial charge in [-0.3, -0.25) is 4.79 Å². The van der Waals surface area contributed by atoms with Crippen molar-refractivity contribution in [3.63, 3.8) is 0 Å². The lowest BCUT2D eigenvalue weighted by Gasteiger charge is -2.11. The van der Waals surface area contributed by atoms with Gasteiger partial charge in [0.25, 0.3) is 0 Å². The number of carbonyl (C=O) groups is 2. The molecule has 1 saturated carbocycles. The average molecular weight is 367 g/mol. The Morgan fingerprint density at radius 2 is 1.58 bits per heavy atom. The molecule has 4 nitrogen and oxygen atoms in total. The zero-order valence-electron chi connectivity index (χ0n) is 14.7. The second-order valence-electron chi connectivity index (χ2n) is 6.31. The summed E-state index contributed by atoms with van der Waals surface area (Å²) >= 11 is 1.65. The van der Waals surface area contributed by atoms with Crippen molar-refractivity contribution in [1.29, 1.82) is 0 Å². The fourth-order valence-electron chi connectivity index (χ4n) is 3.06. The van der Waals surface area contributed by atoms with Crippen LogP contribution in [-0.4, -0.2) is 17.5 Å². The lowest BCUT2D eigenvalue weighted by atomic mass is 9.94. The van der Waals surface area contributed by atoms with E-state index in [1.54, 1.807) is 11.8 Å². The molecule has 0 saturated heterocycles. The first-order valence-corrected chi connectivity index (χ1v) is 9.58. The summed E-state index contributed by atoms with van der Waals surface area (Å²) in [5.41, 5.74) is 0.932. The van der Waals surface area contributed by atoms with Gasteiger partial charge in [0.2, 0.25) is 5.78 Å². The summed E-state index contributed by atoms with van der Waals surface area (Å²) in [6, 6.07) is 17.6. The van der Waals surface area contributed by atoms with Crippen LogP contribution < -0.4 is 0 Å². The van der Waals surface area contributed by atoms with E-state index in [2.05, 4.69) is 5.16 Å². The molecule has 134 valence electrons. The van der Waals surface area contributed by atoms with Crippen molar-refractivity contribution >= 4 is 29.2 Å². The van der Waals surface area contributed by atoms with Crippen LogP contribution in [0.4, 0.5) is 0 Å². The molecule has 0 radical (unpaired) electrons. The molecule has 0 aliphatic heterocycles. The van der Waals surface area contributed by atoms with E-state index in [1.165, 1.54) is 6.92 Å².